The molecule has 0 saturated carbocycles. The molecule has 0 aliphatic carbocycles. The van der Waals surface area contributed by atoms with Crippen molar-refractivity contribution in [2.75, 3.05) is 5.01 Å². The number of amides is 1. The van der Waals surface area contributed by atoms with E-state index >= 15 is 0 Å². The molecule has 1 atom stereocenters. The van der Waals surface area contributed by atoms with Crippen LogP contribution in [0.5, 0.6) is 0 Å². The minimum Gasteiger partial charge on any atom is -0.298 e. The Labute approximate surface area is 190 Å². The smallest absolute Gasteiger partial charge is 0.273 e. The van der Waals surface area contributed by atoms with E-state index in [1.807, 2.05) is 6.07 Å². The van der Waals surface area contributed by atoms with E-state index in [2.05, 4.69) is 15.1 Å². The van der Waals surface area contributed by atoms with Gasteiger partial charge < -0.3 is 0 Å². The van der Waals surface area contributed by atoms with Gasteiger partial charge in [0.1, 0.15) is 5.92 Å². The molecular weight excluding hydrogens is 426 g/mol. The second kappa shape index (κ2) is 8.97. The first-order valence-corrected chi connectivity index (χ1v) is 10.6. The van der Waals surface area contributed by atoms with Crippen LogP contribution in [0.3, 0.4) is 0 Å². The Kier molecular flexibility index (Phi) is 6.09. The third-order valence-corrected chi connectivity index (χ3v) is 5.57. The number of hydrazone groups is 1. The van der Waals surface area contributed by atoms with Crippen molar-refractivity contribution in [3.05, 3.63) is 78.2 Å². The van der Waals surface area contributed by atoms with Crippen LogP contribution in [0.25, 0.3) is 11.3 Å². The van der Waals surface area contributed by atoms with Gasteiger partial charge in [-0.25, -0.2) is 8.78 Å². The lowest BCUT2D eigenvalue weighted by molar-refractivity contribution is -0.128. The Balaban J connectivity index is 1.54. The highest BCUT2D eigenvalue weighted by Crippen LogP contribution is 2.32. The fourth-order valence-electron chi connectivity index (χ4n) is 3.78. The zero-order valence-electron chi connectivity index (χ0n) is 18.2. The predicted octanol–water partition coefficient (Wildman–Crippen LogP) is 4.80. The quantitative estimate of drug-likeness (QED) is 0.487. The van der Waals surface area contributed by atoms with Crippen LogP contribution in [0.4, 0.5) is 14.5 Å². The average molecular weight is 448 g/mol. The molecule has 0 bridgehead atoms. The van der Waals surface area contributed by atoms with E-state index in [4.69, 9.17) is 0 Å². The molecule has 8 heteroatoms. The number of benzene rings is 2. The van der Waals surface area contributed by atoms with Crippen molar-refractivity contribution in [1.82, 2.24) is 9.97 Å². The van der Waals surface area contributed by atoms with Gasteiger partial charge in [-0.3, -0.25) is 19.6 Å². The van der Waals surface area contributed by atoms with Gasteiger partial charge >= 0.3 is 0 Å². The van der Waals surface area contributed by atoms with Crippen LogP contribution in [0.1, 0.15) is 31.4 Å². The first kappa shape index (κ1) is 22.4. The number of Topliss-reactive ketones (excluding diaryl/α,β-unsaturated/α-hetero) is 1. The Hall–Kier alpha value is -3.81. The van der Waals surface area contributed by atoms with E-state index in [1.165, 1.54) is 30.1 Å². The summed E-state index contributed by atoms with van der Waals surface area (Å²) in [6, 6.07) is 12.9. The van der Waals surface area contributed by atoms with Crippen molar-refractivity contribution in [2.24, 2.45) is 11.0 Å². The lowest BCUT2D eigenvalue weighted by Crippen LogP contribution is -2.33. The Morgan fingerprint density at radius 1 is 1.12 bits per heavy atom. The maximum absolute atomic E-state index is 14.0. The molecule has 0 saturated heterocycles. The van der Waals surface area contributed by atoms with Gasteiger partial charge in [0, 0.05) is 36.4 Å². The van der Waals surface area contributed by atoms with Gasteiger partial charge in [0.05, 0.1) is 23.3 Å². The molecule has 0 N–H and O–H groups in total. The number of halogens is 2. The van der Waals surface area contributed by atoms with Gasteiger partial charge in [-0.05, 0) is 30.7 Å². The number of nitrogens with zero attached hydrogens (tertiary/aromatic N) is 4. The van der Waals surface area contributed by atoms with Gasteiger partial charge in [0.15, 0.2) is 5.78 Å². The molecule has 4 rings (SSSR count). The summed E-state index contributed by atoms with van der Waals surface area (Å²) in [5, 5.41) is 5.52. The summed E-state index contributed by atoms with van der Waals surface area (Å²) in [7, 11) is 0. The highest BCUT2D eigenvalue weighted by atomic mass is 19.3. The zero-order chi connectivity index (χ0) is 23.6. The van der Waals surface area contributed by atoms with E-state index in [1.54, 1.807) is 49.8 Å². The van der Waals surface area contributed by atoms with Gasteiger partial charge in [-0.2, -0.15) is 10.1 Å². The molecule has 6 nitrogen and oxygen atoms in total. The predicted molar refractivity (Wildman–Crippen MR) is 121 cm³/mol. The third-order valence-electron chi connectivity index (χ3n) is 5.57. The van der Waals surface area contributed by atoms with Crippen molar-refractivity contribution < 1.29 is 18.4 Å². The molecule has 1 aromatic heterocycles. The second-order valence-corrected chi connectivity index (χ2v) is 7.87. The van der Waals surface area contributed by atoms with Crippen LogP contribution in [-0.4, -0.2) is 27.4 Å². The van der Waals surface area contributed by atoms with Crippen LogP contribution < -0.4 is 5.01 Å². The van der Waals surface area contributed by atoms with E-state index < -0.39 is 17.7 Å². The lowest BCUT2D eigenvalue weighted by atomic mass is 9.92. The monoisotopic (exact) mass is 448 g/mol. The molecule has 3 aromatic rings. The third kappa shape index (κ3) is 4.55. The topological polar surface area (TPSA) is 75.5 Å². The summed E-state index contributed by atoms with van der Waals surface area (Å²) >= 11 is 0. The van der Waals surface area contributed by atoms with E-state index in [9.17, 15) is 18.4 Å². The van der Waals surface area contributed by atoms with Crippen LogP contribution in [0, 0.1) is 5.92 Å². The van der Waals surface area contributed by atoms with Crippen molar-refractivity contribution in [3.8, 4) is 11.3 Å². The fourth-order valence-corrected chi connectivity index (χ4v) is 3.78. The number of ketones is 1. The normalized spacial score (nSPS) is 16.1. The molecule has 33 heavy (non-hydrogen) atoms. The second-order valence-electron chi connectivity index (χ2n) is 7.87. The number of carbonyl (C=O) groups is 2. The molecule has 1 aliphatic rings. The highest BCUT2D eigenvalue weighted by molar-refractivity contribution is 6.27. The van der Waals surface area contributed by atoms with Gasteiger partial charge in [-0.15, -0.1) is 0 Å². The minimum absolute atomic E-state index is 0.135. The zero-order valence-corrected chi connectivity index (χ0v) is 18.2. The van der Waals surface area contributed by atoms with E-state index in [0.29, 0.717) is 22.7 Å². The fraction of sp³-hybridized carbons (Fsp3) is 0.240. The number of alkyl halides is 2. The van der Waals surface area contributed by atoms with Crippen molar-refractivity contribution in [1.29, 1.82) is 0 Å². The summed E-state index contributed by atoms with van der Waals surface area (Å²) in [6.45, 7) is 3.03. The maximum atomic E-state index is 14.0. The number of aromatic nitrogens is 2. The van der Waals surface area contributed by atoms with Crippen LogP contribution >= 0.6 is 0 Å². The molecule has 0 fully saturated rings. The summed E-state index contributed by atoms with van der Waals surface area (Å²) in [6.07, 6.45) is 4.29. The van der Waals surface area contributed by atoms with E-state index in [-0.39, 0.29) is 24.2 Å². The first-order valence-electron chi connectivity index (χ1n) is 10.6. The Bertz CT molecular complexity index is 1230. The molecule has 0 radical (unpaired) electrons. The molecule has 1 amide bonds. The molecule has 168 valence electrons. The van der Waals surface area contributed by atoms with Crippen molar-refractivity contribution in [2.45, 2.75) is 32.6 Å². The first-order chi connectivity index (χ1) is 15.8. The summed E-state index contributed by atoms with van der Waals surface area (Å²) in [5.41, 5.74) is 2.57. The van der Waals surface area contributed by atoms with Gasteiger partial charge in [-0.1, -0.05) is 37.3 Å². The largest absolute Gasteiger partial charge is 0.298 e. The number of hydrogen-bond donors (Lipinski definition) is 0. The highest BCUT2D eigenvalue weighted by Gasteiger charge is 2.39. The molecule has 1 aliphatic heterocycles. The molecular formula is C25H22F2N4O2. The lowest BCUT2D eigenvalue weighted by Gasteiger charge is -2.16. The van der Waals surface area contributed by atoms with Gasteiger partial charge in [0.25, 0.3) is 11.8 Å². The van der Waals surface area contributed by atoms with Gasteiger partial charge in [0.2, 0.25) is 0 Å². The number of carbonyl (C=O) groups excluding carboxylic acids is 2. The Morgan fingerprint density at radius 3 is 2.64 bits per heavy atom. The van der Waals surface area contributed by atoms with Crippen LogP contribution in [0.15, 0.2) is 72.2 Å². The summed E-state index contributed by atoms with van der Waals surface area (Å²) in [5.74, 6) is -4.87. The van der Waals surface area contributed by atoms with Crippen LogP contribution in [0.2, 0.25) is 0 Å². The standard InChI is InChI=1S/C25H22F2N4O2/c1-3-25(26,27)19-8-4-6-17(12-19)13-22(32)23-16(2)30-31(24(23)33)20-9-5-7-18(14-20)21-15-28-10-11-29-21/h4-12,14-15,23H,3,13H2,1-2H3. The Morgan fingerprint density at radius 2 is 1.91 bits per heavy atom. The number of rotatable bonds is 7. The molecule has 2 heterocycles. The summed E-state index contributed by atoms with van der Waals surface area (Å²) < 4.78 is 28.1. The van der Waals surface area contributed by atoms with Crippen LogP contribution in [-0.2, 0) is 21.9 Å². The molecule has 2 aromatic carbocycles. The number of anilines is 1. The SMILES string of the molecule is CCC(F)(F)c1cccc(CC(=O)C2C(=O)N(c3cccc(-c4cnccn4)c3)N=C2C)c1. The number of hydrogen-bond acceptors (Lipinski definition) is 5. The molecule has 0 spiro atoms. The molecule has 1 unspecified atom stereocenters. The van der Waals surface area contributed by atoms with E-state index in [0.717, 1.165) is 5.56 Å². The van der Waals surface area contributed by atoms with Crippen molar-refractivity contribution in [3.63, 3.8) is 0 Å². The maximum Gasteiger partial charge on any atom is 0.273 e. The minimum atomic E-state index is -2.97. The van der Waals surface area contributed by atoms with Crippen molar-refractivity contribution >= 4 is 23.1 Å². The summed E-state index contributed by atoms with van der Waals surface area (Å²) in [4.78, 5) is 34.4. The average Bonchev–Trinajstić information content (AvgIpc) is 3.13.